The van der Waals surface area contributed by atoms with Gasteiger partial charge in [-0.05, 0) is 24.1 Å². The van der Waals surface area contributed by atoms with E-state index in [1.165, 1.54) is 6.07 Å². The number of aromatic hydroxyl groups is 1. The molecule has 66 valence electrons. The van der Waals surface area contributed by atoms with Crippen LogP contribution in [0.25, 0.3) is 0 Å². The SMILES string of the molecule is C#CC(=O)Nc1cc(Br)ccc1O. The monoisotopic (exact) mass is 239 g/mol. The van der Waals surface area contributed by atoms with Crippen LogP contribution in [0.15, 0.2) is 22.7 Å². The molecule has 0 spiro atoms. The van der Waals surface area contributed by atoms with Crippen LogP contribution < -0.4 is 5.32 Å². The van der Waals surface area contributed by atoms with Crippen LogP contribution in [-0.2, 0) is 4.79 Å². The van der Waals surface area contributed by atoms with Gasteiger partial charge in [-0.1, -0.05) is 15.9 Å². The third-order valence-electron chi connectivity index (χ3n) is 1.34. The van der Waals surface area contributed by atoms with E-state index < -0.39 is 5.91 Å². The fraction of sp³-hybridized carbons (Fsp3) is 0. The van der Waals surface area contributed by atoms with Crippen molar-refractivity contribution < 1.29 is 9.90 Å². The Bertz CT molecular complexity index is 382. The first-order valence-corrected chi connectivity index (χ1v) is 4.19. The second kappa shape index (κ2) is 3.97. The lowest BCUT2D eigenvalue weighted by molar-refractivity contribution is -0.111. The number of terminal acetylenes is 1. The molecule has 0 heterocycles. The van der Waals surface area contributed by atoms with Gasteiger partial charge in [0.15, 0.2) is 0 Å². The fourth-order valence-electron chi connectivity index (χ4n) is 0.767. The maximum absolute atomic E-state index is 10.8. The maximum Gasteiger partial charge on any atom is 0.300 e. The first-order chi connectivity index (χ1) is 6.13. The molecule has 0 fully saturated rings. The second-order valence-electron chi connectivity index (χ2n) is 2.26. The summed E-state index contributed by atoms with van der Waals surface area (Å²) in [6.45, 7) is 0. The van der Waals surface area contributed by atoms with Crippen molar-refractivity contribution in [2.24, 2.45) is 0 Å². The topological polar surface area (TPSA) is 49.3 Å². The number of rotatable bonds is 1. The van der Waals surface area contributed by atoms with E-state index in [2.05, 4.69) is 21.2 Å². The molecule has 0 aliphatic carbocycles. The molecule has 0 unspecified atom stereocenters. The summed E-state index contributed by atoms with van der Waals surface area (Å²) in [6, 6.07) is 4.67. The predicted molar refractivity (Wildman–Crippen MR) is 53.3 cm³/mol. The molecule has 0 aliphatic rings. The predicted octanol–water partition coefficient (Wildman–Crippen LogP) is 1.73. The van der Waals surface area contributed by atoms with E-state index in [1.54, 1.807) is 12.1 Å². The van der Waals surface area contributed by atoms with E-state index in [9.17, 15) is 9.90 Å². The van der Waals surface area contributed by atoms with Gasteiger partial charge >= 0.3 is 0 Å². The van der Waals surface area contributed by atoms with Crippen LogP contribution in [0.1, 0.15) is 0 Å². The van der Waals surface area contributed by atoms with Crippen LogP contribution in [0.3, 0.4) is 0 Å². The lowest BCUT2D eigenvalue weighted by atomic mass is 10.3. The van der Waals surface area contributed by atoms with Crippen molar-refractivity contribution >= 4 is 27.5 Å². The summed E-state index contributed by atoms with van der Waals surface area (Å²) in [5, 5.41) is 11.6. The molecule has 0 aromatic heterocycles. The minimum Gasteiger partial charge on any atom is -0.506 e. The molecule has 4 heteroatoms. The van der Waals surface area contributed by atoms with Gasteiger partial charge in [-0.3, -0.25) is 4.79 Å². The molecule has 1 aromatic rings. The summed E-state index contributed by atoms with van der Waals surface area (Å²) in [5.74, 6) is 1.27. The maximum atomic E-state index is 10.8. The van der Waals surface area contributed by atoms with Crippen LogP contribution in [0.4, 0.5) is 5.69 Å². The zero-order chi connectivity index (χ0) is 9.84. The Balaban J connectivity index is 2.95. The van der Waals surface area contributed by atoms with Gasteiger partial charge in [0.1, 0.15) is 5.75 Å². The number of halogens is 1. The Labute approximate surface area is 83.9 Å². The van der Waals surface area contributed by atoms with Crippen molar-refractivity contribution in [1.82, 2.24) is 0 Å². The van der Waals surface area contributed by atoms with Crippen LogP contribution in [0.5, 0.6) is 5.75 Å². The normalized spacial score (nSPS) is 8.92. The summed E-state index contributed by atoms with van der Waals surface area (Å²) < 4.78 is 0.748. The molecule has 1 amide bonds. The van der Waals surface area contributed by atoms with Crippen LogP contribution in [0.2, 0.25) is 0 Å². The molecule has 1 rings (SSSR count). The largest absolute Gasteiger partial charge is 0.506 e. The molecule has 3 nitrogen and oxygen atoms in total. The number of amides is 1. The second-order valence-corrected chi connectivity index (χ2v) is 3.18. The highest BCUT2D eigenvalue weighted by atomic mass is 79.9. The number of phenolic OH excluding ortho intramolecular Hbond substituents is 1. The number of hydrogen-bond donors (Lipinski definition) is 2. The van der Waals surface area contributed by atoms with Gasteiger partial charge in [-0.2, -0.15) is 0 Å². The molecule has 0 saturated carbocycles. The Morgan fingerprint density at radius 3 is 2.92 bits per heavy atom. The first kappa shape index (κ1) is 9.62. The first-order valence-electron chi connectivity index (χ1n) is 3.39. The highest BCUT2D eigenvalue weighted by Gasteiger charge is 2.03. The number of nitrogens with one attached hydrogen (secondary N) is 1. The van der Waals surface area contributed by atoms with E-state index in [4.69, 9.17) is 6.42 Å². The van der Waals surface area contributed by atoms with E-state index in [1.807, 2.05) is 5.92 Å². The number of phenols is 1. The Morgan fingerprint density at radius 2 is 2.31 bits per heavy atom. The van der Waals surface area contributed by atoms with Crippen molar-refractivity contribution in [1.29, 1.82) is 0 Å². The zero-order valence-corrected chi connectivity index (χ0v) is 8.13. The lowest BCUT2D eigenvalue weighted by Gasteiger charge is -2.03. The molecule has 2 N–H and O–H groups in total. The summed E-state index contributed by atoms with van der Waals surface area (Å²) >= 11 is 3.19. The number of carbonyl (C=O) groups excluding carboxylic acids is 1. The highest BCUT2D eigenvalue weighted by molar-refractivity contribution is 9.10. The van der Waals surface area contributed by atoms with Crippen LogP contribution in [-0.4, -0.2) is 11.0 Å². The van der Waals surface area contributed by atoms with Crippen LogP contribution >= 0.6 is 15.9 Å². The smallest absolute Gasteiger partial charge is 0.300 e. The van der Waals surface area contributed by atoms with Crippen molar-refractivity contribution in [3.8, 4) is 18.1 Å². The van der Waals surface area contributed by atoms with Gasteiger partial charge in [0, 0.05) is 4.47 Å². The van der Waals surface area contributed by atoms with Crippen molar-refractivity contribution in [2.75, 3.05) is 5.32 Å². The van der Waals surface area contributed by atoms with Gasteiger partial charge in [0.05, 0.1) is 5.69 Å². The quantitative estimate of drug-likeness (QED) is 0.580. The van der Waals surface area contributed by atoms with E-state index in [0.29, 0.717) is 0 Å². The molecular weight excluding hydrogens is 234 g/mol. The number of benzene rings is 1. The average Bonchev–Trinajstić information content (AvgIpc) is 2.11. The van der Waals surface area contributed by atoms with Crippen LogP contribution in [0, 0.1) is 12.3 Å². The summed E-state index contributed by atoms with van der Waals surface area (Å²) in [4.78, 5) is 10.8. The number of carbonyl (C=O) groups is 1. The molecule has 0 saturated heterocycles. The molecule has 1 aromatic carbocycles. The molecule has 0 aliphatic heterocycles. The fourth-order valence-corrected chi connectivity index (χ4v) is 1.13. The minimum atomic E-state index is -0.589. The van der Waals surface area contributed by atoms with Gasteiger partial charge in [0.25, 0.3) is 5.91 Å². The van der Waals surface area contributed by atoms with Gasteiger partial charge < -0.3 is 10.4 Å². The standard InChI is InChI=1S/C9H6BrNO2/c1-2-9(13)11-7-5-6(10)3-4-8(7)12/h1,3-5,12H,(H,11,13). The van der Waals surface area contributed by atoms with Crippen molar-refractivity contribution in [2.45, 2.75) is 0 Å². The highest BCUT2D eigenvalue weighted by Crippen LogP contribution is 2.26. The van der Waals surface area contributed by atoms with E-state index in [0.717, 1.165) is 4.47 Å². The molecule has 13 heavy (non-hydrogen) atoms. The van der Waals surface area contributed by atoms with Gasteiger partial charge in [0.2, 0.25) is 0 Å². The van der Waals surface area contributed by atoms with Gasteiger partial charge in [-0.15, -0.1) is 6.42 Å². The molecular formula is C9H6BrNO2. The Morgan fingerprint density at radius 1 is 1.62 bits per heavy atom. The average molecular weight is 240 g/mol. The summed E-state index contributed by atoms with van der Waals surface area (Å²) in [5.41, 5.74) is 0.289. The number of hydrogen-bond acceptors (Lipinski definition) is 2. The summed E-state index contributed by atoms with van der Waals surface area (Å²) in [7, 11) is 0. The summed E-state index contributed by atoms with van der Waals surface area (Å²) in [6.07, 6.45) is 4.85. The zero-order valence-electron chi connectivity index (χ0n) is 6.54. The molecule has 0 atom stereocenters. The minimum absolute atomic E-state index is 0.0215. The number of anilines is 1. The molecule has 0 radical (unpaired) electrons. The van der Waals surface area contributed by atoms with Gasteiger partial charge in [-0.25, -0.2) is 0 Å². The Kier molecular flexibility index (Phi) is 2.93. The van der Waals surface area contributed by atoms with E-state index >= 15 is 0 Å². The lowest BCUT2D eigenvalue weighted by Crippen LogP contribution is -2.07. The third-order valence-corrected chi connectivity index (χ3v) is 1.83. The third kappa shape index (κ3) is 2.49. The van der Waals surface area contributed by atoms with E-state index in [-0.39, 0.29) is 11.4 Å². The Hall–Kier alpha value is -1.47. The van der Waals surface area contributed by atoms with Crippen molar-refractivity contribution in [3.63, 3.8) is 0 Å². The molecule has 0 bridgehead atoms. The van der Waals surface area contributed by atoms with Crippen molar-refractivity contribution in [3.05, 3.63) is 22.7 Å².